The van der Waals surface area contributed by atoms with Gasteiger partial charge in [0.25, 0.3) is 0 Å². The van der Waals surface area contributed by atoms with E-state index in [1.807, 2.05) is 15.9 Å². The second-order valence-electron chi connectivity index (χ2n) is 7.96. The second kappa shape index (κ2) is 8.49. The van der Waals surface area contributed by atoms with E-state index in [0.717, 1.165) is 19.5 Å². The lowest BCUT2D eigenvalue weighted by atomic mass is 10.1. The van der Waals surface area contributed by atoms with Crippen LogP contribution in [0.1, 0.15) is 12.5 Å². The van der Waals surface area contributed by atoms with Crippen LogP contribution >= 0.6 is 0 Å². The Morgan fingerprint density at radius 1 is 0.929 bits per heavy atom. The van der Waals surface area contributed by atoms with Crippen molar-refractivity contribution in [2.24, 2.45) is 0 Å². The van der Waals surface area contributed by atoms with E-state index in [1.54, 1.807) is 0 Å². The van der Waals surface area contributed by atoms with Gasteiger partial charge in [0, 0.05) is 51.0 Å². The molecule has 0 unspecified atom stereocenters. The number of piperazine rings is 1. The van der Waals surface area contributed by atoms with Crippen molar-refractivity contribution in [1.82, 2.24) is 14.7 Å². The monoisotopic (exact) mass is 386 g/mol. The highest BCUT2D eigenvalue weighted by Crippen LogP contribution is 2.31. The van der Waals surface area contributed by atoms with Crippen LogP contribution in [0.5, 0.6) is 0 Å². The Hall–Kier alpha value is -2.12. The van der Waals surface area contributed by atoms with Gasteiger partial charge in [-0.15, -0.1) is 0 Å². The van der Waals surface area contributed by atoms with Crippen molar-refractivity contribution in [3.05, 3.63) is 29.8 Å². The third-order valence-electron chi connectivity index (χ3n) is 6.10. The van der Waals surface area contributed by atoms with E-state index in [9.17, 15) is 9.59 Å². The lowest BCUT2D eigenvalue weighted by Crippen LogP contribution is -2.54. The minimum atomic E-state index is 0.172. The molecule has 0 N–H and O–H groups in total. The molecule has 152 valence electrons. The van der Waals surface area contributed by atoms with Crippen molar-refractivity contribution in [2.75, 3.05) is 70.5 Å². The van der Waals surface area contributed by atoms with Gasteiger partial charge in [0.2, 0.25) is 11.8 Å². The first kappa shape index (κ1) is 19.2. The summed E-state index contributed by atoms with van der Waals surface area (Å²) in [6, 6.07) is 8.73. The molecule has 0 aliphatic carbocycles. The van der Waals surface area contributed by atoms with Crippen molar-refractivity contribution in [3.8, 4) is 0 Å². The molecule has 1 aromatic rings. The van der Waals surface area contributed by atoms with Gasteiger partial charge in [0.05, 0.1) is 26.3 Å². The number of rotatable bonds is 4. The summed E-state index contributed by atoms with van der Waals surface area (Å²) in [5.41, 5.74) is 2.52. The average Bonchev–Trinajstić information content (AvgIpc) is 3.04. The Bertz CT molecular complexity index is 711. The lowest BCUT2D eigenvalue weighted by molar-refractivity contribution is -0.137. The Kier molecular flexibility index (Phi) is 5.82. The number of hydrogen-bond acceptors (Lipinski definition) is 5. The minimum Gasteiger partial charge on any atom is -0.378 e. The van der Waals surface area contributed by atoms with E-state index in [2.05, 4.69) is 34.9 Å². The zero-order valence-electron chi connectivity index (χ0n) is 16.7. The fourth-order valence-electron chi connectivity index (χ4n) is 4.38. The number of carbonyl (C=O) groups is 2. The van der Waals surface area contributed by atoms with Crippen molar-refractivity contribution >= 4 is 17.5 Å². The average molecular weight is 386 g/mol. The summed E-state index contributed by atoms with van der Waals surface area (Å²) in [5.74, 6) is 0.355. The van der Waals surface area contributed by atoms with Crippen LogP contribution in [0.2, 0.25) is 0 Å². The molecule has 7 heteroatoms. The molecule has 3 aliphatic rings. The quantitative estimate of drug-likeness (QED) is 0.752. The van der Waals surface area contributed by atoms with Gasteiger partial charge in [-0.25, -0.2) is 0 Å². The molecule has 7 nitrogen and oxygen atoms in total. The number of benzene rings is 1. The maximum absolute atomic E-state index is 12.9. The van der Waals surface area contributed by atoms with Gasteiger partial charge >= 0.3 is 0 Å². The van der Waals surface area contributed by atoms with Crippen molar-refractivity contribution in [1.29, 1.82) is 0 Å². The fraction of sp³-hybridized carbons (Fsp3) is 0.619. The number of carbonyl (C=O) groups excluding carboxylic acids is 2. The van der Waals surface area contributed by atoms with Crippen LogP contribution < -0.4 is 4.90 Å². The standard InChI is InChI=1S/C21H30N4O3/c1-17-14-18-4-2-3-5-19(18)25(17)16-21(27)23-8-6-22(7-9-23)15-20(26)24-10-12-28-13-11-24/h2-5,17H,6-16H2,1H3/t17-/m0/s1. The van der Waals surface area contributed by atoms with Crippen LogP contribution in [-0.2, 0) is 20.7 Å². The van der Waals surface area contributed by atoms with E-state index in [0.29, 0.717) is 58.5 Å². The van der Waals surface area contributed by atoms with Crippen LogP contribution in [0, 0.1) is 0 Å². The normalized spacial score (nSPS) is 23.0. The fourth-order valence-corrected chi connectivity index (χ4v) is 4.38. The largest absolute Gasteiger partial charge is 0.378 e. The van der Waals surface area contributed by atoms with Crippen LogP contribution in [0.3, 0.4) is 0 Å². The van der Waals surface area contributed by atoms with Gasteiger partial charge in [-0.3, -0.25) is 14.5 Å². The molecule has 0 radical (unpaired) electrons. The zero-order chi connectivity index (χ0) is 19.5. The minimum absolute atomic E-state index is 0.172. The lowest BCUT2D eigenvalue weighted by Gasteiger charge is -2.37. The number of ether oxygens (including phenoxy) is 1. The molecule has 3 heterocycles. The van der Waals surface area contributed by atoms with Crippen LogP contribution in [-0.4, -0.2) is 98.1 Å². The first-order valence-corrected chi connectivity index (χ1v) is 10.3. The topological polar surface area (TPSA) is 56.3 Å². The van der Waals surface area contributed by atoms with Crippen LogP contribution in [0.15, 0.2) is 24.3 Å². The van der Waals surface area contributed by atoms with Gasteiger partial charge in [-0.05, 0) is 25.0 Å². The highest BCUT2D eigenvalue weighted by Gasteiger charge is 2.30. The summed E-state index contributed by atoms with van der Waals surface area (Å²) in [4.78, 5) is 33.5. The number of para-hydroxylation sites is 1. The molecule has 28 heavy (non-hydrogen) atoms. The maximum Gasteiger partial charge on any atom is 0.242 e. The first-order chi connectivity index (χ1) is 13.6. The predicted octanol–water partition coefficient (Wildman–Crippen LogP) is 0.441. The molecule has 2 saturated heterocycles. The van der Waals surface area contributed by atoms with Gasteiger partial charge in [0.15, 0.2) is 0 Å². The molecule has 0 saturated carbocycles. The first-order valence-electron chi connectivity index (χ1n) is 10.3. The Balaban J connectivity index is 1.26. The summed E-state index contributed by atoms with van der Waals surface area (Å²) in [5, 5.41) is 0. The summed E-state index contributed by atoms with van der Waals surface area (Å²) in [6.07, 6.45) is 1.00. The summed E-state index contributed by atoms with van der Waals surface area (Å²) < 4.78 is 5.31. The van der Waals surface area contributed by atoms with E-state index in [4.69, 9.17) is 4.74 Å². The third kappa shape index (κ3) is 4.15. The van der Waals surface area contributed by atoms with Gasteiger partial charge in [0.1, 0.15) is 0 Å². The smallest absolute Gasteiger partial charge is 0.242 e. The zero-order valence-corrected chi connectivity index (χ0v) is 16.7. The van der Waals surface area contributed by atoms with Crippen molar-refractivity contribution in [2.45, 2.75) is 19.4 Å². The third-order valence-corrected chi connectivity index (χ3v) is 6.10. The number of hydrogen-bond donors (Lipinski definition) is 0. The number of nitrogens with zero attached hydrogens (tertiary/aromatic N) is 4. The molecular weight excluding hydrogens is 356 g/mol. The SMILES string of the molecule is C[C@H]1Cc2ccccc2N1CC(=O)N1CCN(CC(=O)N2CCOCC2)CC1. The molecule has 4 rings (SSSR count). The molecule has 1 atom stereocenters. The molecule has 0 aromatic heterocycles. The Morgan fingerprint density at radius 2 is 1.57 bits per heavy atom. The van der Waals surface area contributed by atoms with Gasteiger partial charge in [-0.1, -0.05) is 18.2 Å². The van der Waals surface area contributed by atoms with Gasteiger partial charge in [-0.2, -0.15) is 0 Å². The van der Waals surface area contributed by atoms with E-state index in [-0.39, 0.29) is 11.8 Å². The van der Waals surface area contributed by atoms with Crippen LogP contribution in [0.4, 0.5) is 5.69 Å². The molecule has 2 fully saturated rings. The number of morpholine rings is 1. The van der Waals surface area contributed by atoms with Gasteiger partial charge < -0.3 is 19.4 Å². The predicted molar refractivity (Wildman–Crippen MR) is 107 cm³/mol. The molecule has 1 aromatic carbocycles. The number of amides is 2. The molecule has 0 spiro atoms. The Morgan fingerprint density at radius 3 is 2.32 bits per heavy atom. The van der Waals surface area contributed by atoms with E-state index < -0.39 is 0 Å². The maximum atomic E-state index is 12.9. The van der Waals surface area contributed by atoms with Crippen molar-refractivity contribution < 1.29 is 14.3 Å². The number of fused-ring (bicyclic) bond motifs is 1. The highest BCUT2D eigenvalue weighted by atomic mass is 16.5. The molecule has 0 bridgehead atoms. The molecule has 3 aliphatic heterocycles. The summed E-state index contributed by atoms with van der Waals surface area (Å²) >= 11 is 0. The van der Waals surface area contributed by atoms with E-state index in [1.165, 1.54) is 11.3 Å². The Labute approximate surface area is 166 Å². The molecular formula is C21H30N4O3. The summed E-state index contributed by atoms with van der Waals surface area (Å²) in [6.45, 7) is 8.60. The van der Waals surface area contributed by atoms with E-state index >= 15 is 0 Å². The summed E-state index contributed by atoms with van der Waals surface area (Å²) in [7, 11) is 0. The van der Waals surface area contributed by atoms with Crippen molar-refractivity contribution in [3.63, 3.8) is 0 Å². The number of anilines is 1. The van der Waals surface area contributed by atoms with Crippen LogP contribution in [0.25, 0.3) is 0 Å². The highest BCUT2D eigenvalue weighted by molar-refractivity contribution is 5.83. The molecule has 2 amide bonds. The second-order valence-corrected chi connectivity index (χ2v) is 7.96.